The largest absolute Gasteiger partial charge is 0.433 e. The summed E-state index contributed by atoms with van der Waals surface area (Å²) in [5.41, 5.74) is 0.220. The summed E-state index contributed by atoms with van der Waals surface area (Å²) in [4.78, 5) is 14.0. The Bertz CT molecular complexity index is 513. The van der Waals surface area contributed by atoms with Crippen molar-refractivity contribution >= 4 is 11.6 Å². The molecule has 2 rings (SSSR count). The first-order valence-electron chi connectivity index (χ1n) is 7.21. The molecule has 7 heteroatoms. The molecule has 0 unspecified atom stereocenters. The molecule has 0 spiro atoms. The number of benzene rings is 1. The standard InChI is InChI=1S/C15H20F2N2O3/c1-10-8-11(20)6-7-19(10)9-14(21)18-12-4-2-3-5-13(12)22-15(16)17/h2-5,10-11,15,20H,6-9H2,1H3,(H,18,21)/t10-,11+/m0/s1. The van der Waals surface area contributed by atoms with Gasteiger partial charge in [0.15, 0.2) is 0 Å². The van der Waals surface area contributed by atoms with Gasteiger partial charge >= 0.3 is 6.61 Å². The molecule has 1 aromatic carbocycles. The lowest BCUT2D eigenvalue weighted by Gasteiger charge is -2.35. The molecule has 0 aromatic heterocycles. The van der Waals surface area contributed by atoms with Gasteiger partial charge in [-0.15, -0.1) is 0 Å². The highest BCUT2D eigenvalue weighted by atomic mass is 19.3. The molecule has 122 valence electrons. The molecule has 0 saturated carbocycles. The Morgan fingerprint density at radius 1 is 1.50 bits per heavy atom. The zero-order chi connectivity index (χ0) is 16.1. The number of nitrogens with zero attached hydrogens (tertiary/aromatic N) is 1. The quantitative estimate of drug-likeness (QED) is 0.873. The van der Waals surface area contributed by atoms with Gasteiger partial charge in [0.1, 0.15) is 5.75 Å². The summed E-state index contributed by atoms with van der Waals surface area (Å²) in [5, 5.41) is 12.2. The van der Waals surface area contributed by atoms with E-state index in [2.05, 4.69) is 10.1 Å². The number of carbonyl (C=O) groups excluding carboxylic acids is 1. The highest BCUT2D eigenvalue weighted by molar-refractivity contribution is 5.93. The zero-order valence-corrected chi connectivity index (χ0v) is 12.3. The fourth-order valence-electron chi connectivity index (χ4n) is 2.57. The molecular formula is C15H20F2N2O3. The number of alkyl halides is 2. The summed E-state index contributed by atoms with van der Waals surface area (Å²) in [6.45, 7) is -0.215. The Balaban J connectivity index is 1.95. The minimum absolute atomic E-state index is 0.0621. The molecule has 1 heterocycles. The lowest BCUT2D eigenvalue weighted by molar-refractivity contribution is -0.118. The van der Waals surface area contributed by atoms with Crippen LogP contribution < -0.4 is 10.1 Å². The third-order valence-corrected chi connectivity index (χ3v) is 3.71. The van der Waals surface area contributed by atoms with Gasteiger partial charge in [0.2, 0.25) is 5.91 Å². The summed E-state index contributed by atoms with van der Waals surface area (Å²) in [7, 11) is 0. The SMILES string of the molecule is C[C@H]1C[C@H](O)CCN1CC(=O)Nc1ccccc1OC(F)F. The number of para-hydroxylation sites is 2. The summed E-state index contributed by atoms with van der Waals surface area (Å²) in [6, 6.07) is 6.18. The van der Waals surface area contributed by atoms with E-state index in [0.717, 1.165) is 0 Å². The monoisotopic (exact) mass is 314 g/mol. The third-order valence-electron chi connectivity index (χ3n) is 3.71. The Hall–Kier alpha value is -1.73. The average molecular weight is 314 g/mol. The van der Waals surface area contributed by atoms with Gasteiger partial charge in [-0.05, 0) is 31.9 Å². The normalized spacial score (nSPS) is 22.6. The van der Waals surface area contributed by atoms with Crippen LogP contribution in [0.25, 0.3) is 0 Å². The van der Waals surface area contributed by atoms with Crippen molar-refractivity contribution < 1.29 is 23.4 Å². The first-order valence-corrected chi connectivity index (χ1v) is 7.21. The minimum Gasteiger partial charge on any atom is -0.433 e. The number of rotatable bonds is 5. The molecule has 1 aliphatic rings. The smallest absolute Gasteiger partial charge is 0.387 e. The van der Waals surface area contributed by atoms with Crippen molar-refractivity contribution in [3.05, 3.63) is 24.3 Å². The van der Waals surface area contributed by atoms with E-state index < -0.39 is 6.61 Å². The van der Waals surface area contributed by atoms with Gasteiger partial charge in [-0.3, -0.25) is 9.69 Å². The molecule has 22 heavy (non-hydrogen) atoms. The summed E-state index contributed by atoms with van der Waals surface area (Å²) >= 11 is 0. The highest BCUT2D eigenvalue weighted by Gasteiger charge is 2.25. The van der Waals surface area contributed by atoms with E-state index in [4.69, 9.17) is 0 Å². The second-order valence-corrected chi connectivity index (χ2v) is 5.42. The van der Waals surface area contributed by atoms with Crippen LogP contribution in [0.4, 0.5) is 14.5 Å². The predicted molar refractivity (Wildman–Crippen MR) is 78.0 cm³/mol. The van der Waals surface area contributed by atoms with E-state index in [9.17, 15) is 18.7 Å². The molecule has 2 atom stereocenters. The van der Waals surface area contributed by atoms with Gasteiger partial charge in [-0.25, -0.2) is 0 Å². The van der Waals surface area contributed by atoms with E-state index in [1.54, 1.807) is 12.1 Å². The van der Waals surface area contributed by atoms with Crippen molar-refractivity contribution in [1.29, 1.82) is 0 Å². The summed E-state index contributed by atoms with van der Waals surface area (Å²) in [5.74, 6) is -0.360. The second-order valence-electron chi connectivity index (χ2n) is 5.42. The molecule has 1 aromatic rings. The van der Waals surface area contributed by atoms with Crippen molar-refractivity contribution in [3.63, 3.8) is 0 Å². The van der Waals surface area contributed by atoms with Crippen molar-refractivity contribution in [2.75, 3.05) is 18.4 Å². The van der Waals surface area contributed by atoms with Gasteiger partial charge in [-0.2, -0.15) is 8.78 Å². The van der Waals surface area contributed by atoms with Gasteiger partial charge in [0.25, 0.3) is 0 Å². The lowest BCUT2D eigenvalue weighted by Crippen LogP contribution is -2.46. The van der Waals surface area contributed by atoms with Crippen LogP contribution in [-0.4, -0.2) is 47.8 Å². The number of halogens is 2. The number of carbonyl (C=O) groups is 1. The number of aliphatic hydroxyl groups excluding tert-OH is 1. The lowest BCUT2D eigenvalue weighted by atomic mass is 10.0. The Morgan fingerprint density at radius 3 is 2.91 bits per heavy atom. The molecule has 1 fully saturated rings. The fraction of sp³-hybridized carbons (Fsp3) is 0.533. The van der Waals surface area contributed by atoms with Crippen LogP contribution in [0, 0.1) is 0 Å². The van der Waals surface area contributed by atoms with E-state index in [1.807, 2.05) is 11.8 Å². The molecule has 5 nitrogen and oxygen atoms in total. The van der Waals surface area contributed by atoms with Crippen LogP contribution in [0.5, 0.6) is 5.75 Å². The first-order chi connectivity index (χ1) is 10.5. The first kappa shape index (κ1) is 16.6. The molecule has 0 radical (unpaired) electrons. The average Bonchev–Trinajstić information content (AvgIpc) is 2.43. The van der Waals surface area contributed by atoms with E-state index in [-0.39, 0.29) is 36.0 Å². The van der Waals surface area contributed by atoms with E-state index in [1.165, 1.54) is 12.1 Å². The van der Waals surface area contributed by atoms with Gasteiger partial charge in [-0.1, -0.05) is 12.1 Å². The van der Waals surface area contributed by atoms with Crippen LogP contribution in [0.2, 0.25) is 0 Å². The van der Waals surface area contributed by atoms with Crippen LogP contribution >= 0.6 is 0 Å². The number of piperidine rings is 1. The summed E-state index contributed by atoms with van der Waals surface area (Å²) in [6.07, 6.45) is 0.926. The molecule has 1 amide bonds. The number of anilines is 1. The molecule has 0 aliphatic carbocycles. The number of nitrogens with one attached hydrogen (secondary N) is 1. The highest BCUT2D eigenvalue weighted by Crippen LogP contribution is 2.25. The molecule has 2 N–H and O–H groups in total. The Labute approximate surface area is 127 Å². The number of hydrogen-bond donors (Lipinski definition) is 2. The van der Waals surface area contributed by atoms with Crippen molar-refractivity contribution in [1.82, 2.24) is 4.90 Å². The van der Waals surface area contributed by atoms with Crippen LogP contribution in [0.1, 0.15) is 19.8 Å². The van der Waals surface area contributed by atoms with Gasteiger partial charge in [0, 0.05) is 12.6 Å². The van der Waals surface area contributed by atoms with Crippen molar-refractivity contribution in [2.45, 2.75) is 38.5 Å². The maximum Gasteiger partial charge on any atom is 0.387 e. The number of likely N-dealkylation sites (tertiary alicyclic amines) is 1. The topological polar surface area (TPSA) is 61.8 Å². The molecule has 0 bridgehead atoms. The summed E-state index contributed by atoms with van der Waals surface area (Å²) < 4.78 is 29.0. The van der Waals surface area contributed by atoms with Crippen molar-refractivity contribution in [3.8, 4) is 5.75 Å². The molecule has 1 saturated heterocycles. The number of amides is 1. The Morgan fingerprint density at radius 2 is 2.23 bits per heavy atom. The number of hydrogen-bond acceptors (Lipinski definition) is 4. The van der Waals surface area contributed by atoms with Crippen LogP contribution in [0.15, 0.2) is 24.3 Å². The Kier molecular flexibility index (Phi) is 5.68. The van der Waals surface area contributed by atoms with Crippen LogP contribution in [-0.2, 0) is 4.79 Å². The predicted octanol–water partition coefficient (Wildman–Crippen LogP) is 2.07. The van der Waals surface area contributed by atoms with E-state index in [0.29, 0.717) is 19.4 Å². The van der Waals surface area contributed by atoms with Crippen molar-refractivity contribution in [2.24, 2.45) is 0 Å². The fourth-order valence-corrected chi connectivity index (χ4v) is 2.57. The maximum absolute atomic E-state index is 12.3. The van der Waals surface area contributed by atoms with E-state index >= 15 is 0 Å². The second kappa shape index (κ2) is 7.51. The molecule has 1 aliphatic heterocycles. The third kappa shape index (κ3) is 4.64. The van der Waals surface area contributed by atoms with Gasteiger partial charge < -0.3 is 15.2 Å². The zero-order valence-electron chi connectivity index (χ0n) is 12.3. The van der Waals surface area contributed by atoms with Gasteiger partial charge in [0.05, 0.1) is 18.3 Å². The maximum atomic E-state index is 12.3. The number of aliphatic hydroxyl groups is 1. The van der Waals surface area contributed by atoms with Crippen LogP contribution in [0.3, 0.4) is 0 Å². The number of ether oxygens (including phenoxy) is 1. The molecular weight excluding hydrogens is 294 g/mol. The minimum atomic E-state index is -2.94.